The number of nitrogens with zero attached hydrogens (tertiary/aromatic N) is 4. The van der Waals surface area contributed by atoms with Crippen LogP contribution >= 0.6 is 0 Å². The predicted octanol–water partition coefficient (Wildman–Crippen LogP) is 2.33. The monoisotopic (exact) mass is 476 g/mol. The van der Waals surface area contributed by atoms with E-state index in [4.69, 9.17) is 15.2 Å². The zero-order valence-corrected chi connectivity index (χ0v) is 19.2. The Bertz CT molecular complexity index is 1340. The summed E-state index contributed by atoms with van der Waals surface area (Å²) in [5, 5.41) is 3.81. The number of hydrogen-bond acceptors (Lipinski definition) is 8. The number of carbonyl (C=O) groups excluding carboxylic acids is 1. The molecule has 0 radical (unpaired) electrons. The first kappa shape index (κ1) is 22.7. The van der Waals surface area contributed by atoms with E-state index in [2.05, 4.69) is 25.2 Å². The van der Waals surface area contributed by atoms with Crippen LogP contribution in [0.4, 0.5) is 10.1 Å². The average molecular weight is 477 g/mol. The third-order valence-corrected chi connectivity index (χ3v) is 6.16. The number of morpholine rings is 1. The van der Waals surface area contributed by atoms with Crippen molar-refractivity contribution < 1.29 is 18.7 Å². The molecule has 2 aromatic carbocycles. The minimum atomic E-state index is -0.900. The van der Waals surface area contributed by atoms with Crippen molar-refractivity contribution >= 4 is 28.7 Å². The Kier molecular flexibility index (Phi) is 6.28. The van der Waals surface area contributed by atoms with Crippen LogP contribution in [0.2, 0.25) is 0 Å². The predicted molar refractivity (Wildman–Crippen MR) is 130 cm³/mol. The van der Waals surface area contributed by atoms with Gasteiger partial charge in [-0.15, -0.1) is 0 Å². The summed E-state index contributed by atoms with van der Waals surface area (Å²) in [6, 6.07) is 10.3. The number of nitrogens with two attached hydrogens (primary N) is 1. The summed E-state index contributed by atoms with van der Waals surface area (Å²) >= 11 is 0. The van der Waals surface area contributed by atoms with E-state index in [0.717, 1.165) is 18.8 Å². The highest BCUT2D eigenvalue weighted by atomic mass is 19.1. The molecule has 10 heteroatoms. The van der Waals surface area contributed by atoms with Crippen molar-refractivity contribution in [3.05, 3.63) is 65.7 Å². The van der Waals surface area contributed by atoms with Crippen LogP contribution in [0.5, 0.6) is 0 Å². The Hall–Kier alpha value is -4.05. The van der Waals surface area contributed by atoms with Gasteiger partial charge in [0.15, 0.2) is 0 Å². The second-order valence-electron chi connectivity index (χ2n) is 8.21. The normalized spacial score (nSPS) is 16.8. The summed E-state index contributed by atoms with van der Waals surface area (Å²) in [4.78, 5) is 27.7. The first-order valence-electron chi connectivity index (χ1n) is 11.3. The Morgan fingerprint density at radius 3 is 2.80 bits per heavy atom. The molecule has 2 aliphatic heterocycles. The first-order valence-corrected chi connectivity index (χ1v) is 11.3. The lowest BCUT2D eigenvalue weighted by molar-refractivity contribution is -0.118. The second-order valence-corrected chi connectivity index (χ2v) is 8.21. The molecule has 1 aromatic heterocycles. The molecule has 0 aliphatic carbocycles. The van der Waals surface area contributed by atoms with Crippen LogP contribution in [0, 0.1) is 5.82 Å². The van der Waals surface area contributed by atoms with Gasteiger partial charge in [-0.25, -0.2) is 19.4 Å². The molecule has 5 rings (SSSR count). The molecular formula is C25H25FN6O3. The molecule has 0 spiro atoms. The molecule has 1 atom stereocenters. The standard InChI is InChI=1S/C25H25FN6O3/c1-34-25-23(28-6-7-29-25)21(24(27)33)15-2-5-19(26)18(12-15)22-17-4-3-16(13-20(17)30-14-31-22)32-8-10-35-11-9-32/h2-5,7,12-14,21,28H,6,8-11H2,1H3,(H2,27,33). The Morgan fingerprint density at radius 2 is 2.03 bits per heavy atom. The van der Waals surface area contributed by atoms with Gasteiger partial charge >= 0.3 is 0 Å². The molecule has 0 bridgehead atoms. The number of fused-ring (bicyclic) bond motifs is 1. The number of methoxy groups -OCH3 is 1. The van der Waals surface area contributed by atoms with Gasteiger partial charge in [0.05, 0.1) is 43.8 Å². The van der Waals surface area contributed by atoms with Crippen LogP contribution in [0.15, 0.2) is 59.3 Å². The lowest BCUT2D eigenvalue weighted by atomic mass is 9.91. The number of halogens is 1. The number of benzene rings is 2. The highest BCUT2D eigenvalue weighted by Gasteiger charge is 2.29. The van der Waals surface area contributed by atoms with Crippen molar-refractivity contribution in [1.29, 1.82) is 0 Å². The summed E-state index contributed by atoms with van der Waals surface area (Å²) in [6.45, 7) is 3.36. The fourth-order valence-electron chi connectivity index (χ4n) is 4.47. The minimum absolute atomic E-state index is 0.249. The van der Waals surface area contributed by atoms with Gasteiger partial charge in [0, 0.05) is 35.9 Å². The number of aliphatic imine (C=N–C) groups is 1. The van der Waals surface area contributed by atoms with E-state index < -0.39 is 17.6 Å². The van der Waals surface area contributed by atoms with Gasteiger partial charge in [-0.3, -0.25) is 4.79 Å². The van der Waals surface area contributed by atoms with Crippen molar-refractivity contribution in [1.82, 2.24) is 15.3 Å². The maximum absolute atomic E-state index is 15.1. The number of hydrogen-bond donors (Lipinski definition) is 2. The van der Waals surface area contributed by atoms with Crippen LogP contribution < -0.4 is 16.0 Å². The van der Waals surface area contributed by atoms with E-state index in [1.807, 2.05) is 18.2 Å². The van der Waals surface area contributed by atoms with Gasteiger partial charge in [-0.05, 0) is 35.9 Å². The Balaban J connectivity index is 1.59. The largest absolute Gasteiger partial charge is 0.480 e. The lowest BCUT2D eigenvalue weighted by Crippen LogP contribution is -2.36. The summed E-state index contributed by atoms with van der Waals surface area (Å²) in [7, 11) is 1.46. The first-order chi connectivity index (χ1) is 17.1. The average Bonchev–Trinajstić information content (AvgIpc) is 2.90. The highest BCUT2D eigenvalue weighted by molar-refractivity contribution is 5.94. The summed E-state index contributed by atoms with van der Waals surface area (Å²) < 4.78 is 25.9. The molecule has 1 unspecified atom stereocenters. The van der Waals surface area contributed by atoms with Gasteiger partial charge in [0.1, 0.15) is 18.1 Å². The number of amides is 1. The van der Waals surface area contributed by atoms with Crippen molar-refractivity contribution in [3.8, 4) is 11.3 Å². The third-order valence-electron chi connectivity index (χ3n) is 6.16. The second kappa shape index (κ2) is 9.67. The SMILES string of the molecule is COC1=C(C(C(N)=O)c2ccc(F)c(-c3ncnc4cc(N5CCOCC5)ccc34)c2)NCC=N1. The molecule has 35 heavy (non-hydrogen) atoms. The van der Waals surface area contributed by atoms with Crippen LogP contribution in [-0.4, -0.2) is 62.0 Å². The fourth-order valence-corrected chi connectivity index (χ4v) is 4.47. The number of aromatic nitrogens is 2. The van der Waals surface area contributed by atoms with E-state index >= 15 is 4.39 Å². The number of ether oxygens (including phenoxy) is 2. The Morgan fingerprint density at radius 1 is 1.20 bits per heavy atom. The highest BCUT2D eigenvalue weighted by Crippen LogP contribution is 2.34. The van der Waals surface area contributed by atoms with Crippen molar-refractivity contribution in [2.75, 3.05) is 44.9 Å². The fraction of sp³-hybridized carbons (Fsp3) is 0.280. The van der Waals surface area contributed by atoms with E-state index in [1.165, 1.54) is 25.6 Å². The van der Waals surface area contributed by atoms with Gasteiger partial charge in [-0.1, -0.05) is 6.07 Å². The van der Waals surface area contributed by atoms with Gasteiger partial charge < -0.3 is 25.4 Å². The number of primary amides is 1. The number of carbonyl (C=O) groups is 1. The zero-order valence-electron chi connectivity index (χ0n) is 19.2. The van der Waals surface area contributed by atoms with Crippen molar-refractivity contribution in [3.63, 3.8) is 0 Å². The topological polar surface area (TPSA) is 115 Å². The van der Waals surface area contributed by atoms with E-state index in [9.17, 15) is 4.79 Å². The van der Waals surface area contributed by atoms with E-state index in [-0.39, 0.29) is 11.4 Å². The molecule has 1 amide bonds. The van der Waals surface area contributed by atoms with Gasteiger partial charge in [0.2, 0.25) is 11.8 Å². The zero-order chi connectivity index (χ0) is 24.4. The molecule has 2 aliphatic rings. The number of rotatable bonds is 6. The Labute approximate surface area is 201 Å². The van der Waals surface area contributed by atoms with E-state index in [0.29, 0.717) is 47.6 Å². The van der Waals surface area contributed by atoms with Crippen LogP contribution in [-0.2, 0) is 14.3 Å². The molecular weight excluding hydrogens is 451 g/mol. The molecule has 1 saturated heterocycles. The van der Waals surface area contributed by atoms with Crippen molar-refractivity contribution in [2.45, 2.75) is 5.92 Å². The molecule has 3 N–H and O–H groups in total. The summed E-state index contributed by atoms with van der Waals surface area (Å²) in [6.07, 6.45) is 3.05. The maximum atomic E-state index is 15.1. The third kappa shape index (κ3) is 4.40. The van der Waals surface area contributed by atoms with Crippen LogP contribution in [0.3, 0.4) is 0 Å². The lowest BCUT2D eigenvalue weighted by Gasteiger charge is -2.29. The smallest absolute Gasteiger partial charge is 0.233 e. The maximum Gasteiger partial charge on any atom is 0.233 e. The molecule has 0 saturated carbocycles. The molecule has 3 heterocycles. The summed E-state index contributed by atoms with van der Waals surface area (Å²) in [5.74, 6) is -1.72. The van der Waals surface area contributed by atoms with Crippen molar-refractivity contribution in [2.24, 2.45) is 10.7 Å². The van der Waals surface area contributed by atoms with Gasteiger partial charge in [0.25, 0.3) is 0 Å². The van der Waals surface area contributed by atoms with Crippen LogP contribution in [0.25, 0.3) is 22.2 Å². The number of nitrogens with one attached hydrogen (secondary N) is 1. The molecule has 180 valence electrons. The minimum Gasteiger partial charge on any atom is -0.480 e. The van der Waals surface area contributed by atoms with Gasteiger partial charge in [-0.2, -0.15) is 0 Å². The van der Waals surface area contributed by atoms with Crippen LogP contribution in [0.1, 0.15) is 11.5 Å². The quantitative estimate of drug-likeness (QED) is 0.561. The van der Waals surface area contributed by atoms with E-state index in [1.54, 1.807) is 12.3 Å². The molecule has 1 fully saturated rings. The molecule has 3 aromatic rings. The summed E-state index contributed by atoms with van der Waals surface area (Å²) in [5.41, 5.74) is 9.10. The molecule has 9 nitrogen and oxygen atoms in total. The number of anilines is 1.